The van der Waals surface area contributed by atoms with Crippen LogP contribution in [0.3, 0.4) is 0 Å². The summed E-state index contributed by atoms with van der Waals surface area (Å²) in [6, 6.07) is 0.349. The number of anilines is 1. The van der Waals surface area contributed by atoms with Gasteiger partial charge in [-0.15, -0.1) is 0 Å². The van der Waals surface area contributed by atoms with Crippen molar-refractivity contribution in [2.45, 2.75) is 24.6 Å². The number of hydrogen-bond donors (Lipinski definition) is 2. The minimum absolute atomic E-state index is 0.217. The Morgan fingerprint density at radius 3 is 2.50 bits per heavy atom. The second-order valence-electron chi connectivity index (χ2n) is 5.15. The molecule has 1 aromatic carbocycles. The molecule has 1 saturated carbocycles. The molecule has 1 aliphatic carbocycles. The van der Waals surface area contributed by atoms with Gasteiger partial charge in [0, 0.05) is 5.92 Å². The van der Waals surface area contributed by atoms with Crippen molar-refractivity contribution in [3.63, 3.8) is 0 Å². The normalized spacial score (nSPS) is 23.8. The second-order valence-corrected chi connectivity index (χ2v) is 5.15. The summed E-state index contributed by atoms with van der Waals surface area (Å²) >= 11 is 0. The number of urea groups is 1. The Hall–Kier alpha value is -2.30. The van der Waals surface area contributed by atoms with Crippen LogP contribution in [0.15, 0.2) is 12.1 Å². The van der Waals surface area contributed by atoms with Gasteiger partial charge < -0.3 is 10.6 Å². The Bertz CT molecular complexity index is 714. The zero-order valence-corrected chi connectivity index (χ0v) is 10.9. The van der Waals surface area contributed by atoms with E-state index in [1.807, 2.05) is 11.2 Å². The number of nitrogens with one attached hydrogen (secondary N) is 2. The summed E-state index contributed by atoms with van der Waals surface area (Å²) in [6.07, 6.45) is -3.83. The van der Waals surface area contributed by atoms with Crippen molar-refractivity contribution in [1.29, 1.82) is 0 Å². The number of halogens is 5. The number of benzene rings is 1. The molecule has 2 aliphatic rings. The molecule has 3 nitrogen and oxygen atoms in total. The standard InChI is InChI=1S/C14H9F5N2O/c15-8-3-4-9-10(11(8)16)13(14(17,18)19,21-12(22)20-9)6-5-7-1-2-7/h3-4,7H,1-2H2,(H2,20,21,22)/t13-/m0/s1. The maximum absolute atomic E-state index is 14.0. The van der Waals surface area contributed by atoms with Crippen LogP contribution in [0.25, 0.3) is 0 Å². The highest BCUT2D eigenvalue weighted by Crippen LogP contribution is 2.45. The van der Waals surface area contributed by atoms with Crippen LogP contribution >= 0.6 is 0 Å². The van der Waals surface area contributed by atoms with Gasteiger partial charge in [0.15, 0.2) is 11.6 Å². The third-order valence-corrected chi connectivity index (χ3v) is 3.49. The Labute approximate surface area is 121 Å². The minimum Gasteiger partial charge on any atom is -0.310 e. The van der Waals surface area contributed by atoms with Crippen molar-refractivity contribution in [1.82, 2.24) is 5.32 Å². The first-order valence-electron chi connectivity index (χ1n) is 6.41. The fourth-order valence-electron chi connectivity index (χ4n) is 2.22. The van der Waals surface area contributed by atoms with E-state index in [1.165, 1.54) is 0 Å². The fourth-order valence-corrected chi connectivity index (χ4v) is 2.22. The van der Waals surface area contributed by atoms with Gasteiger partial charge >= 0.3 is 12.2 Å². The van der Waals surface area contributed by atoms with E-state index >= 15 is 0 Å². The summed E-state index contributed by atoms with van der Waals surface area (Å²) in [4.78, 5) is 11.5. The first-order valence-corrected chi connectivity index (χ1v) is 6.41. The number of fused-ring (bicyclic) bond motifs is 1. The molecule has 0 radical (unpaired) electrons. The summed E-state index contributed by atoms with van der Waals surface area (Å²) in [5.74, 6) is 0.968. The number of rotatable bonds is 0. The van der Waals surface area contributed by atoms with E-state index in [2.05, 4.69) is 5.92 Å². The molecule has 1 atom stereocenters. The highest BCUT2D eigenvalue weighted by molar-refractivity contribution is 5.94. The quantitative estimate of drug-likeness (QED) is 0.560. The van der Waals surface area contributed by atoms with Gasteiger partial charge in [0.25, 0.3) is 0 Å². The van der Waals surface area contributed by atoms with Crippen molar-refractivity contribution >= 4 is 11.7 Å². The van der Waals surface area contributed by atoms with Crippen molar-refractivity contribution in [3.8, 4) is 11.8 Å². The maximum atomic E-state index is 14.0. The summed E-state index contributed by atoms with van der Waals surface area (Å²) < 4.78 is 68.2. The third-order valence-electron chi connectivity index (χ3n) is 3.49. The van der Waals surface area contributed by atoms with Crippen LogP contribution in [0.5, 0.6) is 0 Å². The van der Waals surface area contributed by atoms with Crippen LogP contribution in [-0.2, 0) is 5.54 Å². The zero-order chi connectivity index (χ0) is 16.1. The highest BCUT2D eigenvalue weighted by atomic mass is 19.4. The monoisotopic (exact) mass is 316 g/mol. The van der Waals surface area contributed by atoms with E-state index in [-0.39, 0.29) is 5.92 Å². The van der Waals surface area contributed by atoms with E-state index in [9.17, 15) is 26.7 Å². The van der Waals surface area contributed by atoms with E-state index in [0.29, 0.717) is 18.9 Å². The number of carbonyl (C=O) groups is 1. The van der Waals surface area contributed by atoms with E-state index in [1.54, 1.807) is 5.32 Å². The lowest BCUT2D eigenvalue weighted by Gasteiger charge is -2.37. The van der Waals surface area contributed by atoms with Gasteiger partial charge in [-0.05, 0) is 25.0 Å². The molecule has 1 heterocycles. The second kappa shape index (κ2) is 4.60. The molecular formula is C14H9F5N2O. The zero-order valence-electron chi connectivity index (χ0n) is 10.9. The van der Waals surface area contributed by atoms with E-state index < -0.39 is 40.6 Å². The molecule has 0 spiro atoms. The van der Waals surface area contributed by atoms with E-state index in [4.69, 9.17) is 0 Å². The molecule has 1 fully saturated rings. The Morgan fingerprint density at radius 2 is 1.91 bits per heavy atom. The Kier molecular flexibility index (Phi) is 3.06. The molecule has 2 N–H and O–H groups in total. The van der Waals surface area contributed by atoms with Gasteiger partial charge in [-0.1, -0.05) is 11.8 Å². The first kappa shape index (κ1) is 14.6. The molecular weight excluding hydrogens is 307 g/mol. The lowest BCUT2D eigenvalue weighted by atomic mass is 9.85. The number of amides is 2. The van der Waals surface area contributed by atoms with Crippen LogP contribution in [0.1, 0.15) is 18.4 Å². The van der Waals surface area contributed by atoms with E-state index in [0.717, 1.165) is 6.07 Å². The SMILES string of the molecule is O=C1Nc2ccc(F)c(F)c2[C@@](C#CC2CC2)(C(F)(F)F)N1. The molecule has 116 valence electrons. The van der Waals surface area contributed by atoms with Crippen molar-refractivity contribution < 1.29 is 26.7 Å². The third kappa shape index (κ3) is 2.17. The summed E-state index contributed by atoms with van der Waals surface area (Å²) in [5, 5.41) is 3.66. The van der Waals surface area contributed by atoms with Crippen LogP contribution in [0.4, 0.5) is 32.4 Å². The van der Waals surface area contributed by atoms with Crippen molar-refractivity contribution in [3.05, 3.63) is 29.3 Å². The predicted octanol–water partition coefficient (Wildman–Crippen LogP) is 3.27. The average molecular weight is 316 g/mol. The van der Waals surface area contributed by atoms with Crippen LogP contribution < -0.4 is 10.6 Å². The smallest absolute Gasteiger partial charge is 0.310 e. The highest BCUT2D eigenvalue weighted by Gasteiger charge is 2.61. The van der Waals surface area contributed by atoms with Gasteiger partial charge in [0.1, 0.15) is 0 Å². The summed E-state index contributed by atoms with van der Waals surface area (Å²) in [5.41, 5.74) is -4.77. The lowest BCUT2D eigenvalue weighted by molar-refractivity contribution is -0.179. The fraction of sp³-hybridized carbons (Fsp3) is 0.357. The molecule has 3 rings (SSSR count). The molecule has 1 aromatic rings. The predicted molar refractivity (Wildman–Crippen MR) is 66.7 cm³/mol. The van der Waals surface area contributed by atoms with Crippen LogP contribution in [0, 0.1) is 29.4 Å². The van der Waals surface area contributed by atoms with Crippen molar-refractivity contribution in [2.24, 2.45) is 5.92 Å². The Morgan fingerprint density at radius 1 is 1.23 bits per heavy atom. The first-order chi connectivity index (χ1) is 10.2. The minimum atomic E-state index is -5.12. The van der Waals surface area contributed by atoms with Crippen LogP contribution in [0.2, 0.25) is 0 Å². The van der Waals surface area contributed by atoms with Gasteiger partial charge in [0.05, 0.1) is 11.3 Å². The maximum Gasteiger partial charge on any atom is 0.427 e. The van der Waals surface area contributed by atoms with Gasteiger partial charge in [-0.25, -0.2) is 13.6 Å². The van der Waals surface area contributed by atoms with Crippen molar-refractivity contribution in [2.75, 3.05) is 5.32 Å². The number of carbonyl (C=O) groups excluding carboxylic acids is 1. The topological polar surface area (TPSA) is 41.1 Å². The molecule has 0 aromatic heterocycles. The molecule has 0 unspecified atom stereocenters. The average Bonchev–Trinajstić information content (AvgIpc) is 3.23. The largest absolute Gasteiger partial charge is 0.427 e. The molecule has 0 bridgehead atoms. The number of hydrogen-bond acceptors (Lipinski definition) is 1. The Balaban J connectivity index is 2.29. The molecule has 1 aliphatic heterocycles. The molecule has 2 amide bonds. The van der Waals surface area contributed by atoms with Crippen LogP contribution in [-0.4, -0.2) is 12.2 Å². The number of alkyl halides is 3. The summed E-state index contributed by atoms with van der Waals surface area (Å²) in [6.45, 7) is 0. The molecule has 0 saturated heterocycles. The summed E-state index contributed by atoms with van der Waals surface area (Å²) in [7, 11) is 0. The van der Waals surface area contributed by atoms with Gasteiger partial charge in [-0.3, -0.25) is 0 Å². The molecule has 22 heavy (non-hydrogen) atoms. The van der Waals surface area contributed by atoms with Gasteiger partial charge in [-0.2, -0.15) is 13.2 Å². The van der Waals surface area contributed by atoms with Gasteiger partial charge in [0.2, 0.25) is 5.54 Å². The lowest BCUT2D eigenvalue weighted by Crippen LogP contribution is -2.59. The molecule has 8 heteroatoms.